The first kappa shape index (κ1) is 26.7. The van der Waals surface area contributed by atoms with E-state index in [0.29, 0.717) is 23.2 Å². The lowest BCUT2D eigenvalue weighted by atomic mass is 9.98. The third kappa shape index (κ3) is 12.8. The van der Waals surface area contributed by atoms with Crippen LogP contribution in [0.5, 0.6) is 0 Å². The molecule has 0 heterocycles. The standard InChI is InChI=1S/C25H39NO5/c1-2-3-4-5-6-7-8-9-10-11-12-13-16-26-25(31)21-15-14-20(18-23(27)28)22(17-21)19-24(29)30/h14-15,17H,2-13,16,18-19H2,1H3,(H,26,31)(H,27,28)(H,29,30). The molecule has 0 aliphatic carbocycles. The highest BCUT2D eigenvalue weighted by Crippen LogP contribution is 2.15. The monoisotopic (exact) mass is 433 g/mol. The van der Waals surface area contributed by atoms with Gasteiger partial charge in [0.25, 0.3) is 5.91 Å². The molecule has 31 heavy (non-hydrogen) atoms. The molecular formula is C25H39NO5. The molecule has 0 atom stereocenters. The average Bonchev–Trinajstić information content (AvgIpc) is 2.71. The molecular weight excluding hydrogens is 394 g/mol. The Morgan fingerprint density at radius 1 is 0.710 bits per heavy atom. The zero-order valence-corrected chi connectivity index (χ0v) is 19.0. The van der Waals surface area contributed by atoms with Crippen LogP contribution in [0.2, 0.25) is 0 Å². The van der Waals surface area contributed by atoms with Gasteiger partial charge < -0.3 is 15.5 Å². The molecule has 0 aliphatic rings. The number of nitrogens with one attached hydrogen (secondary N) is 1. The van der Waals surface area contributed by atoms with Crippen LogP contribution in [0.4, 0.5) is 0 Å². The van der Waals surface area contributed by atoms with Crippen molar-refractivity contribution in [2.45, 2.75) is 96.8 Å². The molecule has 174 valence electrons. The van der Waals surface area contributed by atoms with Gasteiger partial charge in [0.2, 0.25) is 0 Å². The van der Waals surface area contributed by atoms with Gasteiger partial charge in [0.05, 0.1) is 12.8 Å². The van der Waals surface area contributed by atoms with E-state index in [1.165, 1.54) is 76.3 Å². The van der Waals surface area contributed by atoms with Gasteiger partial charge in [-0.2, -0.15) is 0 Å². The van der Waals surface area contributed by atoms with E-state index in [4.69, 9.17) is 10.2 Å². The molecule has 0 radical (unpaired) electrons. The highest BCUT2D eigenvalue weighted by atomic mass is 16.4. The average molecular weight is 434 g/mol. The fourth-order valence-electron chi connectivity index (χ4n) is 3.70. The number of aliphatic carboxylic acids is 2. The number of unbranched alkanes of at least 4 members (excludes halogenated alkanes) is 11. The number of hydrogen-bond donors (Lipinski definition) is 3. The van der Waals surface area contributed by atoms with Crippen LogP contribution in [0.15, 0.2) is 18.2 Å². The minimum Gasteiger partial charge on any atom is -0.481 e. The Morgan fingerprint density at radius 2 is 1.19 bits per heavy atom. The van der Waals surface area contributed by atoms with E-state index in [2.05, 4.69) is 12.2 Å². The second kappa shape index (κ2) is 16.3. The second-order valence-electron chi connectivity index (χ2n) is 8.27. The predicted octanol–water partition coefficient (Wildman–Crippen LogP) is 5.37. The Kier molecular flexibility index (Phi) is 14.1. The Hall–Kier alpha value is -2.37. The first-order chi connectivity index (χ1) is 14.9. The maximum absolute atomic E-state index is 12.3. The molecule has 1 aromatic rings. The summed E-state index contributed by atoms with van der Waals surface area (Å²) in [6.07, 6.45) is 14.6. The van der Waals surface area contributed by atoms with Crippen LogP contribution >= 0.6 is 0 Å². The fourth-order valence-corrected chi connectivity index (χ4v) is 3.70. The summed E-state index contributed by atoms with van der Waals surface area (Å²) in [4.78, 5) is 34.3. The van der Waals surface area contributed by atoms with Gasteiger partial charge in [0.15, 0.2) is 0 Å². The van der Waals surface area contributed by atoms with Crippen molar-refractivity contribution >= 4 is 17.8 Å². The van der Waals surface area contributed by atoms with E-state index in [1.807, 2.05) is 0 Å². The molecule has 0 saturated carbocycles. The Labute approximate surface area is 186 Å². The van der Waals surface area contributed by atoms with Gasteiger partial charge in [-0.1, -0.05) is 83.6 Å². The van der Waals surface area contributed by atoms with Crippen LogP contribution in [0.1, 0.15) is 105 Å². The summed E-state index contributed by atoms with van der Waals surface area (Å²) in [5, 5.41) is 20.9. The maximum Gasteiger partial charge on any atom is 0.307 e. The SMILES string of the molecule is CCCCCCCCCCCCCCNC(=O)c1ccc(CC(=O)O)c(CC(=O)O)c1. The summed E-state index contributed by atoms with van der Waals surface area (Å²) in [6.45, 7) is 2.83. The fraction of sp³-hybridized carbons (Fsp3) is 0.640. The summed E-state index contributed by atoms with van der Waals surface area (Å²) in [5.74, 6) is -2.34. The van der Waals surface area contributed by atoms with Crippen LogP contribution in [0, 0.1) is 0 Å². The van der Waals surface area contributed by atoms with Crippen molar-refractivity contribution in [1.29, 1.82) is 0 Å². The normalized spacial score (nSPS) is 10.7. The molecule has 3 N–H and O–H groups in total. The Morgan fingerprint density at radius 3 is 1.71 bits per heavy atom. The number of hydrogen-bond acceptors (Lipinski definition) is 3. The van der Waals surface area contributed by atoms with E-state index in [0.717, 1.165) is 12.8 Å². The van der Waals surface area contributed by atoms with Crippen LogP contribution in [0.25, 0.3) is 0 Å². The highest BCUT2D eigenvalue weighted by molar-refractivity contribution is 5.94. The molecule has 0 saturated heterocycles. The molecule has 0 spiro atoms. The predicted molar refractivity (Wildman–Crippen MR) is 123 cm³/mol. The van der Waals surface area contributed by atoms with E-state index >= 15 is 0 Å². The first-order valence-electron chi connectivity index (χ1n) is 11.8. The number of carboxylic acids is 2. The maximum atomic E-state index is 12.3. The largest absolute Gasteiger partial charge is 0.481 e. The van der Waals surface area contributed by atoms with Crippen LogP contribution < -0.4 is 5.32 Å². The van der Waals surface area contributed by atoms with Crippen molar-refractivity contribution in [2.75, 3.05) is 6.54 Å². The van der Waals surface area contributed by atoms with Crippen molar-refractivity contribution in [3.63, 3.8) is 0 Å². The minimum atomic E-state index is -1.05. The van der Waals surface area contributed by atoms with E-state index in [-0.39, 0.29) is 18.7 Å². The molecule has 0 unspecified atom stereocenters. The lowest BCUT2D eigenvalue weighted by Gasteiger charge is -2.10. The molecule has 0 bridgehead atoms. The Bertz CT molecular complexity index is 686. The summed E-state index contributed by atoms with van der Waals surface area (Å²) in [5.41, 5.74) is 1.16. The van der Waals surface area contributed by atoms with Crippen LogP contribution in [0.3, 0.4) is 0 Å². The second-order valence-corrected chi connectivity index (χ2v) is 8.27. The van der Waals surface area contributed by atoms with E-state index < -0.39 is 11.9 Å². The van der Waals surface area contributed by atoms with E-state index in [1.54, 1.807) is 6.07 Å². The summed E-state index contributed by atoms with van der Waals surface area (Å²) in [7, 11) is 0. The number of carbonyl (C=O) groups excluding carboxylic acids is 1. The molecule has 6 heteroatoms. The van der Waals surface area contributed by atoms with Crippen molar-refractivity contribution in [2.24, 2.45) is 0 Å². The third-order valence-corrected chi connectivity index (χ3v) is 5.47. The Balaban J connectivity index is 2.23. The van der Waals surface area contributed by atoms with Crippen LogP contribution in [-0.2, 0) is 22.4 Å². The topological polar surface area (TPSA) is 104 Å². The van der Waals surface area contributed by atoms with Gasteiger partial charge in [0.1, 0.15) is 0 Å². The van der Waals surface area contributed by atoms with Gasteiger partial charge in [-0.25, -0.2) is 0 Å². The molecule has 6 nitrogen and oxygen atoms in total. The molecule has 0 aromatic heterocycles. The van der Waals surface area contributed by atoms with E-state index in [9.17, 15) is 14.4 Å². The molecule has 1 amide bonds. The number of rotatable bonds is 18. The van der Waals surface area contributed by atoms with Gasteiger partial charge in [-0.3, -0.25) is 14.4 Å². The van der Waals surface area contributed by atoms with Gasteiger partial charge in [-0.15, -0.1) is 0 Å². The van der Waals surface area contributed by atoms with Gasteiger partial charge in [-0.05, 0) is 29.7 Å². The smallest absolute Gasteiger partial charge is 0.307 e. The lowest BCUT2D eigenvalue weighted by molar-refractivity contribution is -0.137. The lowest BCUT2D eigenvalue weighted by Crippen LogP contribution is -2.24. The molecule has 1 rings (SSSR count). The number of benzene rings is 1. The summed E-state index contributed by atoms with van der Waals surface area (Å²) in [6, 6.07) is 4.58. The summed E-state index contributed by atoms with van der Waals surface area (Å²) >= 11 is 0. The molecule has 1 aromatic carbocycles. The van der Waals surface area contributed by atoms with Crippen molar-refractivity contribution in [3.05, 3.63) is 34.9 Å². The highest BCUT2D eigenvalue weighted by Gasteiger charge is 2.14. The number of amides is 1. The number of carboxylic acid groups (broad SMARTS) is 2. The minimum absolute atomic E-state index is 0.253. The molecule has 0 aliphatic heterocycles. The third-order valence-electron chi connectivity index (χ3n) is 5.47. The molecule has 0 fully saturated rings. The quantitative estimate of drug-likeness (QED) is 0.270. The van der Waals surface area contributed by atoms with Gasteiger partial charge >= 0.3 is 11.9 Å². The van der Waals surface area contributed by atoms with Crippen molar-refractivity contribution in [3.8, 4) is 0 Å². The van der Waals surface area contributed by atoms with Crippen LogP contribution in [-0.4, -0.2) is 34.6 Å². The van der Waals surface area contributed by atoms with Crippen molar-refractivity contribution < 1.29 is 24.6 Å². The summed E-state index contributed by atoms with van der Waals surface area (Å²) < 4.78 is 0. The number of carbonyl (C=O) groups is 3. The van der Waals surface area contributed by atoms with Crippen molar-refractivity contribution in [1.82, 2.24) is 5.32 Å². The zero-order chi connectivity index (χ0) is 22.9. The first-order valence-corrected chi connectivity index (χ1v) is 11.8. The van der Waals surface area contributed by atoms with Gasteiger partial charge in [0, 0.05) is 12.1 Å². The zero-order valence-electron chi connectivity index (χ0n) is 19.0.